The van der Waals surface area contributed by atoms with Gasteiger partial charge in [-0.15, -0.1) is 0 Å². The van der Waals surface area contributed by atoms with Crippen molar-refractivity contribution in [2.24, 2.45) is 0 Å². The zero-order chi connectivity index (χ0) is 14.6. The summed E-state index contributed by atoms with van der Waals surface area (Å²) >= 11 is 0.823. The molecule has 0 saturated carbocycles. The molecule has 0 radical (unpaired) electrons. The smallest absolute Gasteiger partial charge is 0.0783 e. The van der Waals surface area contributed by atoms with Crippen LogP contribution in [0.4, 0.5) is 0 Å². The number of benzene rings is 1. The fourth-order valence-corrected chi connectivity index (χ4v) is 2.15. The summed E-state index contributed by atoms with van der Waals surface area (Å²) < 4.78 is 0. The molecule has 0 aliphatic rings. The summed E-state index contributed by atoms with van der Waals surface area (Å²) in [5, 5.41) is 21.2. The van der Waals surface area contributed by atoms with Gasteiger partial charge in [0.15, 0.2) is 0 Å². The molecule has 102 valence electrons. The zero-order valence-electron chi connectivity index (χ0n) is 10.9. The second-order valence-corrected chi connectivity index (χ2v) is 6.11. The highest BCUT2D eigenvalue weighted by atomic mass is 32.2. The summed E-state index contributed by atoms with van der Waals surface area (Å²) in [4.78, 5) is 21.4. The molecule has 0 fully saturated rings. The number of carbonyl (C=O) groups is 2. The van der Waals surface area contributed by atoms with Crippen LogP contribution in [0.25, 0.3) is 0 Å². The normalized spacial score (nSPS) is 12.3. The van der Waals surface area contributed by atoms with Crippen molar-refractivity contribution in [3.05, 3.63) is 40.8 Å². The van der Waals surface area contributed by atoms with Gasteiger partial charge in [0.05, 0.1) is 11.9 Å². The van der Waals surface area contributed by atoms with Crippen molar-refractivity contribution in [3.63, 3.8) is 0 Å². The molecule has 0 amide bonds. The molecule has 4 nitrogen and oxygen atoms in total. The lowest BCUT2D eigenvalue weighted by Crippen LogP contribution is -2.26. The van der Waals surface area contributed by atoms with Crippen LogP contribution in [0.5, 0.6) is 0 Å². The first-order valence-electron chi connectivity index (χ1n) is 5.62. The molecular weight excluding hydrogens is 264 g/mol. The molecule has 1 aromatic carbocycles. The van der Waals surface area contributed by atoms with Crippen molar-refractivity contribution in [1.82, 2.24) is 0 Å². The lowest BCUT2D eigenvalue weighted by Gasteiger charge is -2.19. The molecule has 0 spiro atoms. The van der Waals surface area contributed by atoms with E-state index in [2.05, 4.69) is 20.8 Å². The summed E-state index contributed by atoms with van der Waals surface area (Å²) in [5.74, 6) is -3.09. The van der Waals surface area contributed by atoms with Crippen LogP contribution in [0.3, 0.4) is 0 Å². The Kier molecular flexibility index (Phi) is 4.78. The van der Waals surface area contributed by atoms with Crippen molar-refractivity contribution < 1.29 is 19.8 Å². The van der Waals surface area contributed by atoms with Crippen LogP contribution in [-0.2, 0) is 15.0 Å². The van der Waals surface area contributed by atoms with Gasteiger partial charge in [0, 0.05) is 9.80 Å². The first-order chi connectivity index (χ1) is 8.70. The second kappa shape index (κ2) is 5.93. The molecule has 1 aromatic rings. The third kappa shape index (κ3) is 4.79. The Morgan fingerprint density at radius 3 is 2.00 bits per heavy atom. The summed E-state index contributed by atoms with van der Waals surface area (Å²) in [6.07, 6.45) is 0.525. The molecule has 0 aromatic heterocycles. The maximum Gasteiger partial charge on any atom is 0.0783 e. The third-order valence-corrected chi connectivity index (χ3v) is 3.41. The first kappa shape index (κ1) is 15.3. The van der Waals surface area contributed by atoms with E-state index in [1.165, 1.54) is 0 Å². The lowest BCUT2D eigenvalue weighted by molar-refractivity contribution is -0.302. The molecule has 0 heterocycles. The van der Waals surface area contributed by atoms with Gasteiger partial charge >= 0.3 is 0 Å². The number of carboxylic acid groups (broad SMARTS) is 2. The molecule has 0 aliphatic heterocycles. The number of hydrogen-bond acceptors (Lipinski definition) is 5. The maximum absolute atomic E-state index is 10.8. The minimum atomic E-state index is -1.56. The summed E-state index contributed by atoms with van der Waals surface area (Å²) in [6.45, 7) is 6.20. The van der Waals surface area contributed by atoms with E-state index in [-0.39, 0.29) is 10.3 Å². The highest BCUT2D eigenvalue weighted by molar-refractivity contribution is 8.04. The molecule has 0 bridgehead atoms. The predicted octanol–water partition coefficient (Wildman–Crippen LogP) is 0.460. The van der Waals surface area contributed by atoms with Crippen LogP contribution in [0, 0.1) is 0 Å². The van der Waals surface area contributed by atoms with Crippen LogP contribution in [-0.4, -0.2) is 11.9 Å². The number of aliphatic carboxylic acids is 2. The zero-order valence-corrected chi connectivity index (χ0v) is 11.7. The van der Waals surface area contributed by atoms with Gasteiger partial charge in [-0.1, -0.05) is 44.7 Å². The van der Waals surface area contributed by atoms with Crippen molar-refractivity contribution >= 4 is 23.7 Å². The molecule has 5 heteroatoms. The van der Waals surface area contributed by atoms with Crippen LogP contribution in [0.2, 0.25) is 0 Å². The van der Waals surface area contributed by atoms with Gasteiger partial charge in [0.2, 0.25) is 0 Å². The summed E-state index contributed by atoms with van der Waals surface area (Å²) in [6, 6.07) is 7.26. The number of rotatable bonds is 4. The number of carboxylic acids is 2. The fourth-order valence-electron chi connectivity index (χ4n) is 1.39. The number of carbonyl (C=O) groups excluding carboxylic acids is 2. The molecular formula is C14H14O4S-2. The molecule has 0 aliphatic carbocycles. The van der Waals surface area contributed by atoms with Gasteiger partial charge in [-0.2, -0.15) is 0 Å². The van der Waals surface area contributed by atoms with Crippen molar-refractivity contribution in [1.29, 1.82) is 0 Å². The highest BCUT2D eigenvalue weighted by Gasteiger charge is 2.13. The third-order valence-electron chi connectivity index (χ3n) is 2.40. The van der Waals surface area contributed by atoms with Crippen LogP contribution in [0.15, 0.2) is 40.1 Å². The Bertz CT molecular complexity index is 509. The van der Waals surface area contributed by atoms with E-state index in [1.807, 2.05) is 12.1 Å². The van der Waals surface area contributed by atoms with Crippen LogP contribution in [0.1, 0.15) is 26.3 Å². The highest BCUT2D eigenvalue weighted by Crippen LogP contribution is 2.29. The number of thioether (sulfide) groups is 1. The summed E-state index contributed by atoms with van der Waals surface area (Å²) in [5.41, 5.74) is 1.11. The van der Waals surface area contributed by atoms with Crippen molar-refractivity contribution in [3.8, 4) is 0 Å². The van der Waals surface area contributed by atoms with Crippen molar-refractivity contribution in [2.75, 3.05) is 0 Å². The van der Waals surface area contributed by atoms with E-state index in [1.54, 1.807) is 12.1 Å². The minimum absolute atomic E-state index is 0.00119. The van der Waals surface area contributed by atoms with Gasteiger partial charge in [0.25, 0.3) is 0 Å². The SMILES string of the molecule is CC(C)(C)c1ccc(S/C(=C/C(=O)[O-])C(=O)[O-])cc1. The molecule has 0 atom stereocenters. The summed E-state index contributed by atoms with van der Waals surface area (Å²) in [7, 11) is 0. The lowest BCUT2D eigenvalue weighted by atomic mass is 9.87. The number of hydrogen-bond donors (Lipinski definition) is 0. The quantitative estimate of drug-likeness (QED) is 0.590. The monoisotopic (exact) mass is 278 g/mol. The van der Waals surface area contributed by atoms with E-state index in [0.29, 0.717) is 11.0 Å². The molecule has 19 heavy (non-hydrogen) atoms. The average molecular weight is 278 g/mol. The maximum atomic E-state index is 10.8. The van der Waals surface area contributed by atoms with Gasteiger partial charge in [0.1, 0.15) is 0 Å². The Morgan fingerprint density at radius 1 is 1.11 bits per heavy atom. The van der Waals surface area contributed by atoms with Crippen LogP contribution < -0.4 is 10.2 Å². The van der Waals surface area contributed by atoms with E-state index in [0.717, 1.165) is 17.3 Å². The van der Waals surface area contributed by atoms with E-state index < -0.39 is 11.9 Å². The van der Waals surface area contributed by atoms with E-state index in [4.69, 9.17) is 0 Å². The molecule has 0 saturated heterocycles. The van der Waals surface area contributed by atoms with E-state index in [9.17, 15) is 19.8 Å². The fraction of sp³-hybridized carbons (Fsp3) is 0.286. The second-order valence-electron chi connectivity index (χ2n) is 4.99. The average Bonchev–Trinajstić information content (AvgIpc) is 2.27. The molecule has 1 rings (SSSR count). The first-order valence-corrected chi connectivity index (χ1v) is 6.44. The van der Waals surface area contributed by atoms with E-state index >= 15 is 0 Å². The topological polar surface area (TPSA) is 80.3 Å². The van der Waals surface area contributed by atoms with Crippen molar-refractivity contribution in [2.45, 2.75) is 31.1 Å². The van der Waals surface area contributed by atoms with Gasteiger partial charge < -0.3 is 19.8 Å². The molecule has 0 unspecified atom stereocenters. The predicted molar refractivity (Wildman–Crippen MR) is 69.1 cm³/mol. The Hall–Kier alpha value is -1.75. The largest absolute Gasteiger partial charge is 0.545 e. The Balaban J connectivity index is 2.94. The minimum Gasteiger partial charge on any atom is -0.545 e. The Labute approximate surface area is 116 Å². The van der Waals surface area contributed by atoms with Gasteiger partial charge in [-0.25, -0.2) is 0 Å². The van der Waals surface area contributed by atoms with Gasteiger partial charge in [-0.3, -0.25) is 0 Å². The molecule has 0 N–H and O–H groups in total. The van der Waals surface area contributed by atoms with Gasteiger partial charge in [-0.05, 0) is 29.2 Å². The Morgan fingerprint density at radius 2 is 1.63 bits per heavy atom. The standard InChI is InChI=1S/C14H16O4S/c1-14(2,3)9-4-6-10(7-5-9)19-11(13(17)18)8-12(15)16/h4-8H,1-3H3,(H,15,16)(H,17,18)/p-2/b11-8+. The van der Waals surface area contributed by atoms with Crippen LogP contribution >= 0.6 is 11.8 Å².